The normalized spacial score (nSPS) is 17.9. The van der Waals surface area contributed by atoms with Crippen LogP contribution >= 0.6 is 0 Å². The molecule has 0 radical (unpaired) electrons. The smallest absolute Gasteiger partial charge is 0.335 e. The lowest BCUT2D eigenvalue weighted by Crippen LogP contribution is -2.48. The maximum absolute atomic E-state index is 13.6. The number of amides is 2. The van der Waals surface area contributed by atoms with E-state index >= 15 is 0 Å². The highest BCUT2D eigenvalue weighted by atomic mass is 16.5. The van der Waals surface area contributed by atoms with Crippen molar-refractivity contribution in [3.05, 3.63) is 83.4 Å². The topological polar surface area (TPSA) is 116 Å². The van der Waals surface area contributed by atoms with E-state index < -0.39 is 5.97 Å². The highest BCUT2D eigenvalue weighted by Crippen LogP contribution is 2.39. The van der Waals surface area contributed by atoms with Gasteiger partial charge < -0.3 is 24.6 Å². The number of fused-ring (bicyclic) bond motifs is 1. The molecule has 9 heteroatoms. The maximum atomic E-state index is 13.6. The van der Waals surface area contributed by atoms with Crippen LogP contribution in [0, 0.1) is 5.92 Å². The third-order valence-corrected chi connectivity index (χ3v) is 7.03. The number of nitrogens with zero attached hydrogens (tertiary/aromatic N) is 3. The number of hydrogen-bond donors (Lipinski definition) is 2. The number of carboxylic acid groups (broad SMARTS) is 1. The Balaban J connectivity index is 1.29. The molecule has 0 bridgehead atoms. The average Bonchev–Trinajstić information content (AvgIpc) is 3.40. The average molecular weight is 489 g/mol. The van der Waals surface area contributed by atoms with E-state index in [1.165, 1.54) is 12.1 Å². The molecule has 2 N–H and O–H groups in total. The molecule has 1 fully saturated rings. The number of hydrogen-bond acceptors (Lipinski definition) is 5. The zero-order chi connectivity index (χ0) is 25.1. The molecule has 1 atom stereocenters. The molecule has 2 aliphatic rings. The van der Waals surface area contributed by atoms with Crippen LogP contribution in [0.15, 0.2) is 60.9 Å². The number of para-hydroxylation sites is 1. The summed E-state index contributed by atoms with van der Waals surface area (Å²) in [5.74, 6) is -0.540. The van der Waals surface area contributed by atoms with Crippen molar-refractivity contribution in [3.63, 3.8) is 0 Å². The fourth-order valence-electron chi connectivity index (χ4n) is 5.18. The van der Waals surface area contributed by atoms with Crippen LogP contribution in [-0.4, -0.2) is 68.9 Å². The van der Waals surface area contributed by atoms with Crippen LogP contribution in [0.2, 0.25) is 0 Å². The molecule has 0 saturated carbocycles. The van der Waals surface area contributed by atoms with Crippen molar-refractivity contribution >= 4 is 17.8 Å². The molecule has 3 aromatic rings. The Bertz CT molecular complexity index is 1250. The molecule has 2 aromatic carbocycles. The van der Waals surface area contributed by atoms with Gasteiger partial charge >= 0.3 is 5.97 Å². The molecule has 0 aliphatic carbocycles. The van der Waals surface area contributed by atoms with Crippen LogP contribution in [0.1, 0.15) is 51.0 Å². The van der Waals surface area contributed by atoms with Crippen LogP contribution in [-0.2, 0) is 11.2 Å². The number of H-pyrrole nitrogens is 1. The van der Waals surface area contributed by atoms with Gasteiger partial charge in [-0.1, -0.05) is 24.3 Å². The Kier molecular flexibility index (Phi) is 6.71. The minimum absolute atomic E-state index is 0.00779. The number of aromatic amines is 1. The summed E-state index contributed by atoms with van der Waals surface area (Å²) in [6, 6.07) is 15.2. The van der Waals surface area contributed by atoms with E-state index in [0.29, 0.717) is 37.4 Å². The molecule has 36 heavy (non-hydrogen) atoms. The van der Waals surface area contributed by atoms with Gasteiger partial charge in [0.05, 0.1) is 23.6 Å². The molecular formula is C27H28N4O5. The van der Waals surface area contributed by atoms with Gasteiger partial charge in [-0.25, -0.2) is 9.78 Å². The summed E-state index contributed by atoms with van der Waals surface area (Å²) >= 11 is 0. The van der Waals surface area contributed by atoms with E-state index in [9.17, 15) is 19.5 Å². The first-order valence-electron chi connectivity index (χ1n) is 12.1. The molecule has 3 heterocycles. The Morgan fingerprint density at radius 1 is 1.00 bits per heavy atom. The fraction of sp³-hybridized carbons (Fsp3) is 0.333. The van der Waals surface area contributed by atoms with Gasteiger partial charge in [0.15, 0.2) is 6.61 Å². The van der Waals surface area contributed by atoms with Gasteiger partial charge in [0.1, 0.15) is 5.75 Å². The predicted molar refractivity (Wildman–Crippen MR) is 131 cm³/mol. The number of carbonyl (C=O) groups is 3. The number of nitrogens with one attached hydrogen (secondary N) is 1. The minimum atomic E-state index is -1.07. The zero-order valence-electron chi connectivity index (χ0n) is 19.8. The number of benzene rings is 2. The van der Waals surface area contributed by atoms with E-state index in [4.69, 9.17) is 4.74 Å². The van der Waals surface area contributed by atoms with Crippen molar-refractivity contribution in [3.8, 4) is 5.75 Å². The van der Waals surface area contributed by atoms with Gasteiger partial charge in [-0.05, 0) is 49.1 Å². The van der Waals surface area contributed by atoms with Crippen LogP contribution in [0.3, 0.4) is 0 Å². The van der Waals surface area contributed by atoms with Crippen molar-refractivity contribution in [2.75, 3.05) is 26.2 Å². The van der Waals surface area contributed by atoms with E-state index in [1.807, 2.05) is 40.1 Å². The monoisotopic (exact) mass is 488 g/mol. The van der Waals surface area contributed by atoms with Crippen molar-refractivity contribution in [1.82, 2.24) is 19.8 Å². The maximum Gasteiger partial charge on any atom is 0.335 e. The predicted octanol–water partition coefficient (Wildman–Crippen LogP) is 3.17. The Hall–Kier alpha value is -4.14. The van der Waals surface area contributed by atoms with Crippen LogP contribution in [0.4, 0.5) is 0 Å². The number of aromatic carboxylic acids is 1. The van der Waals surface area contributed by atoms with Crippen LogP contribution < -0.4 is 4.74 Å². The van der Waals surface area contributed by atoms with Gasteiger partial charge in [-0.3, -0.25) is 9.59 Å². The van der Waals surface area contributed by atoms with Crippen molar-refractivity contribution in [2.45, 2.75) is 25.3 Å². The molecule has 1 aromatic heterocycles. The standard InChI is InChI=1S/C27H28N4O5/c32-23(16-36-21-7-2-1-3-8-21)30-12-9-18(10-13-30)25-24-22(28-17-29-24)11-14-31(25)26(33)19-5-4-6-20(15-19)27(34)35/h1-8,15,17-18,25H,9-14,16H2,(H,28,29)(H,34,35). The zero-order valence-corrected chi connectivity index (χ0v) is 19.8. The molecule has 5 rings (SSSR count). The molecule has 1 unspecified atom stereocenters. The largest absolute Gasteiger partial charge is 0.484 e. The number of rotatable bonds is 6. The second-order valence-corrected chi connectivity index (χ2v) is 9.17. The number of piperidine rings is 1. The van der Waals surface area contributed by atoms with Gasteiger partial charge in [-0.15, -0.1) is 0 Å². The highest BCUT2D eigenvalue weighted by Gasteiger charge is 2.40. The number of likely N-dealkylation sites (tertiary alicyclic amines) is 1. The summed E-state index contributed by atoms with van der Waals surface area (Å²) in [6.07, 6.45) is 3.78. The fourth-order valence-corrected chi connectivity index (χ4v) is 5.18. The minimum Gasteiger partial charge on any atom is -0.484 e. The second kappa shape index (κ2) is 10.2. The Morgan fingerprint density at radius 3 is 2.50 bits per heavy atom. The first kappa shape index (κ1) is 23.6. The molecule has 1 saturated heterocycles. The van der Waals surface area contributed by atoms with Gasteiger partial charge in [0.25, 0.3) is 11.8 Å². The summed E-state index contributed by atoms with van der Waals surface area (Å²) < 4.78 is 5.62. The van der Waals surface area contributed by atoms with Crippen LogP contribution in [0.25, 0.3) is 0 Å². The molecule has 186 valence electrons. The summed E-state index contributed by atoms with van der Waals surface area (Å²) in [5, 5.41) is 9.35. The van der Waals surface area contributed by atoms with Gasteiger partial charge in [0.2, 0.25) is 0 Å². The Labute approximate surface area is 208 Å². The lowest BCUT2D eigenvalue weighted by molar-refractivity contribution is -0.135. The Morgan fingerprint density at radius 2 is 1.75 bits per heavy atom. The molecule has 0 spiro atoms. The first-order valence-corrected chi connectivity index (χ1v) is 12.1. The summed E-state index contributed by atoms with van der Waals surface area (Å²) in [4.78, 5) is 49.1. The van der Waals surface area contributed by atoms with E-state index in [-0.39, 0.29) is 35.9 Å². The van der Waals surface area contributed by atoms with E-state index in [2.05, 4.69) is 9.97 Å². The number of carboxylic acids is 1. The lowest BCUT2D eigenvalue weighted by atomic mass is 9.83. The second-order valence-electron chi connectivity index (χ2n) is 9.17. The summed E-state index contributed by atoms with van der Waals surface area (Å²) in [7, 11) is 0. The van der Waals surface area contributed by atoms with Crippen molar-refractivity contribution in [2.24, 2.45) is 5.92 Å². The van der Waals surface area contributed by atoms with Crippen molar-refractivity contribution in [1.29, 1.82) is 0 Å². The first-order chi connectivity index (χ1) is 17.5. The SMILES string of the molecule is O=C(O)c1cccc(C(=O)N2CCc3[nH]cnc3C2C2CCN(C(=O)COc3ccccc3)CC2)c1. The van der Waals surface area contributed by atoms with Gasteiger partial charge in [0, 0.05) is 37.3 Å². The third-order valence-electron chi connectivity index (χ3n) is 7.03. The molecular weight excluding hydrogens is 460 g/mol. The number of imidazole rings is 1. The van der Waals surface area contributed by atoms with Crippen LogP contribution in [0.5, 0.6) is 5.75 Å². The summed E-state index contributed by atoms with van der Waals surface area (Å²) in [6.45, 7) is 1.66. The number of carbonyl (C=O) groups excluding carboxylic acids is 2. The number of aromatic nitrogens is 2. The van der Waals surface area contributed by atoms with Crippen molar-refractivity contribution < 1.29 is 24.2 Å². The summed E-state index contributed by atoms with van der Waals surface area (Å²) in [5.41, 5.74) is 2.32. The molecule has 2 aliphatic heterocycles. The van der Waals surface area contributed by atoms with Gasteiger partial charge in [-0.2, -0.15) is 0 Å². The molecule has 9 nitrogen and oxygen atoms in total. The lowest BCUT2D eigenvalue weighted by Gasteiger charge is -2.43. The number of ether oxygens (including phenoxy) is 1. The molecule has 2 amide bonds. The third kappa shape index (κ3) is 4.82. The highest BCUT2D eigenvalue weighted by molar-refractivity contribution is 5.97. The van der Waals surface area contributed by atoms with E-state index in [1.54, 1.807) is 18.5 Å². The van der Waals surface area contributed by atoms with E-state index in [0.717, 1.165) is 24.2 Å². The quantitative estimate of drug-likeness (QED) is 0.551.